The van der Waals surface area contributed by atoms with E-state index in [1.54, 1.807) is 0 Å². The first-order valence-electron chi connectivity index (χ1n) is 6.12. The number of alkyl halides is 1. The maximum Gasteiger partial charge on any atom is 0.0406 e. The predicted octanol–water partition coefficient (Wildman–Crippen LogP) is 5.40. The molecule has 0 aromatic heterocycles. The SMILES string of the molecule is Clc1ccc(C(CBr)C2CCCCC2)cc1. The topological polar surface area (TPSA) is 0 Å². The van der Waals surface area contributed by atoms with Gasteiger partial charge in [-0.2, -0.15) is 0 Å². The van der Waals surface area contributed by atoms with E-state index in [9.17, 15) is 0 Å². The third kappa shape index (κ3) is 3.01. The summed E-state index contributed by atoms with van der Waals surface area (Å²) < 4.78 is 0. The maximum absolute atomic E-state index is 5.93. The Morgan fingerprint density at radius 1 is 1.12 bits per heavy atom. The number of benzene rings is 1. The zero-order chi connectivity index (χ0) is 11.4. The normalized spacial score (nSPS) is 19.6. The van der Waals surface area contributed by atoms with Crippen molar-refractivity contribution in [3.63, 3.8) is 0 Å². The van der Waals surface area contributed by atoms with E-state index in [2.05, 4.69) is 28.1 Å². The minimum absolute atomic E-state index is 0.664. The summed E-state index contributed by atoms with van der Waals surface area (Å²) in [6.45, 7) is 0. The van der Waals surface area contributed by atoms with Gasteiger partial charge in [0.15, 0.2) is 0 Å². The Balaban J connectivity index is 2.11. The molecule has 1 unspecified atom stereocenters. The minimum atomic E-state index is 0.664. The van der Waals surface area contributed by atoms with Crippen molar-refractivity contribution in [2.45, 2.75) is 38.0 Å². The van der Waals surface area contributed by atoms with Crippen molar-refractivity contribution in [2.24, 2.45) is 5.92 Å². The molecule has 88 valence electrons. The van der Waals surface area contributed by atoms with Gasteiger partial charge in [-0.05, 0) is 42.4 Å². The molecule has 1 fully saturated rings. The summed E-state index contributed by atoms with van der Waals surface area (Å²) in [4.78, 5) is 0. The molecule has 0 bridgehead atoms. The molecule has 0 amide bonds. The van der Waals surface area contributed by atoms with E-state index in [0.717, 1.165) is 16.3 Å². The van der Waals surface area contributed by atoms with Crippen molar-refractivity contribution in [3.05, 3.63) is 34.9 Å². The second-order valence-electron chi connectivity index (χ2n) is 4.71. The van der Waals surface area contributed by atoms with Crippen molar-refractivity contribution in [1.82, 2.24) is 0 Å². The van der Waals surface area contributed by atoms with Gasteiger partial charge in [0.1, 0.15) is 0 Å². The monoisotopic (exact) mass is 300 g/mol. The van der Waals surface area contributed by atoms with E-state index in [1.807, 2.05) is 12.1 Å². The lowest BCUT2D eigenvalue weighted by atomic mass is 9.78. The van der Waals surface area contributed by atoms with E-state index < -0.39 is 0 Å². The van der Waals surface area contributed by atoms with Crippen LogP contribution in [0.15, 0.2) is 24.3 Å². The van der Waals surface area contributed by atoms with Gasteiger partial charge >= 0.3 is 0 Å². The van der Waals surface area contributed by atoms with E-state index >= 15 is 0 Å². The van der Waals surface area contributed by atoms with E-state index in [1.165, 1.54) is 37.7 Å². The minimum Gasteiger partial charge on any atom is -0.0921 e. The molecule has 0 nitrogen and oxygen atoms in total. The van der Waals surface area contributed by atoms with Crippen molar-refractivity contribution in [3.8, 4) is 0 Å². The molecule has 1 aliphatic rings. The molecule has 0 spiro atoms. The summed E-state index contributed by atoms with van der Waals surface area (Å²) in [5.74, 6) is 1.52. The fraction of sp³-hybridized carbons (Fsp3) is 0.571. The van der Waals surface area contributed by atoms with Crippen LogP contribution in [0.25, 0.3) is 0 Å². The summed E-state index contributed by atoms with van der Waals surface area (Å²) in [6, 6.07) is 8.39. The quantitative estimate of drug-likeness (QED) is 0.656. The first-order chi connectivity index (χ1) is 7.81. The van der Waals surface area contributed by atoms with Crippen LogP contribution in [-0.4, -0.2) is 5.33 Å². The van der Waals surface area contributed by atoms with Crippen molar-refractivity contribution >= 4 is 27.5 Å². The van der Waals surface area contributed by atoms with Gasteiger partial charge in [0.25, 0.3) is 0 Å². The average Bonchev–Trinajstić information content (AvgIpc) is 2.34. The van der Waals surface area contributed by atoms with Gasteiger partial charge in [0.2, 0.25) is 0 Å². The Labute approximate surface area is 112 Å². The number of rotatable bonds is 3. The Bertz CT molecular complexity index is 314. The molecule has 0 heterocycles. The highest BCUT2D eigenvalue weighted by Gasteiger charge is 2.23. The number of hydrogen-bond acceptors (Lipinski definition) is 0. The van der Waals surface area contributed by atoms with Crippen LogP contribution in [0.4, 0.5) is 0 Å². The van der Waals surface area contributed by atoms with Gasteiger partial charge in [-0.3, -0.25) is 0 Å². The van der Waals surface area contributed by atoms with Gasteiger partial charge in [-0.25, -0.2) is 0 Å². The molecule has 2 rings (SSSR count). The summed E-state index contributed by atoms with van der Waals surface area (Å²) >= 11 is 9.61. The van der Waals surface area contributed by atoms with Crippen molar-refractivity contribution in [1.29, 1.82) is 0 Å². The zero-order valence-corrected chi connectivity index (χ0v) is 11.8. The molecule has 1 atom stereocenters. The van der Waals surface area contributed by atoms with Gasteiger partial charge in [-0.15, -0.1) is 0 Å². The fourth-order valence-corrected chi connectivity index (χ4v) is 3.76. The highest BCUT2D eigenvalue weighted by Crippen LogP contribution is 2.37. The number of hydrogen-bond donors (Lipinski definition) is 0. The largest absolute Gasteiger partial charge is 0.0921 e. The second-order valence-corrected chi connectivity index (χ2v) is 5.79. The Morgan fingerprint density at radius 2 is 1.75 bits per heavy atom. The zero-order valence-electron chi connectivity index (χ0n) is 9.46. The van der Waals surface area contributed by atoms with Crippen LogP contribution in [0.2, 0.25) is 5.02 Å². The third-order valence-electron chi connectivity index (χ3n) is 3.68. The summed E-state index contributed by atoms with van der Waals surface area (Å²) in [5, 5.41) is 1.90. The van der Waals surface area contributed by atoms with Crippen LogP contribution >= 0.6 is 27.5 Å². The lowest BCUT2D eigenvalue weighted by molar-refractivity contribution is 0.319. The Morgan fingerprint density at radius 3 is 2.31 bits per heavy atom. The molecular weight excluding hydrogens is 284 g/mol. The molecule has 1 aliphatic carbocycles. The van der Waals surface area contributed by atoms with E-state index in [0.29, 0.717) is 5.92 Å². The molecule has 1 aromatic carbocycles. The lowest BCUT2D eigenvalue weighted by Gasteiger charge is -2.29. The molecule has 0 N–H and O–H groups in total. The van der Waals surface area contributed by atoms with Gasteiger partial charge in [0.05, 0.1) is 0 Å². The first-order valence-corrected chi connectivity index (χ1v) is 7.62. The van der Waals surface area contributed by atoms with Crippen LogP contribution in [0.5, 0.6) is 0 Å². The molecule has 0 saturated heterocycles. The average molecular weight is 302 g/mol. The van der Waals surface area contributed by atoms with Crippen LogP contribution in [0.3, 0.4) is 0 Å². The van der Waals surface area contributed by atoms with Crippen LogP contribution in [-0.2, 0) is 0 Å². The van der Waals surface area contributed by atoms with Crippen molar-refractivity contribution < 1.29 is 0 Å². The maximum atomic E-state index is 5.93. The number of halogens is 2. The molecular formula is C14H18BrCl. The highest BCUT2D eigenvalue weighted by molar-refractivity contribution is 9.09. The van der Waals surface area contributed by atoms with E-state index in [4.69, 9.17) is 11.6 Å². The van der Waals surface area contributed by atoms with Gasteiger partial charge in [-0.1, -0.05) is 58.9 Å². The van der Waals surface area contributed by atoms with Crippen LogP contribution in [0, 0.1) is 5.92 Å². The molecule has 16 heavy (non-hydrogen) atoms. The Hall–Kier alpha value is -0.0100. The van der Waals surface area contributed by atoms with Gasteiger partial charge < -0.3 is 0 Å². The van der Waals surface area contributed by atoms with Crippen molar-refractivity contribution in [2.75, 3.05) is 5.33 Å². The highest BCUT2D eigenvalue weighted by atomic mass is 79.9. The summed E-state index contributed by atoms with van der Waals surface area (Å²) in [7, 11) is 0. The molecule has 0 aliphatic heterocycles. The molecule has 1 saturated carbocycles. The van der Waals surface area contributed by atoms with E-state index in [-0.39, 0.29) is 0 Å². The summed E-state index contributed by atoms with van der Waals surface area (Å²) in [5.41, 5.74) is 1.44. The standard InChI is InChI=1S/C14H18BrCl/c15-10-14(11-4-2-1-3-5-11)12-6-8-13(16)9-7-12/h6-9,11,14H,1-5,10H2. The fourth-order valence-electron chi connectivity index (χ4n) is 2.73. The lowest BCUT2D eigenvalue weighted by Crippen LogP contribution is -2.17. The Kier molecular flexibility index (Phi) is 4.72. The summed E-state index contributed by atoms with van der Waals surface area (Å²) in [6.07, 6.45) is 7.01. The van der Waals surface area contributed by atoms with Crippen LogP contribution < -0.4 is 0 Å². The molecule has 2 heteroatoms. The van der Waals surface area contributed by atoms with Gasteiger partial charge in [0, 0.05) is 10.4 Å². The van der Waals surface area contributed by atoms with Crippen LogP contribution in [0.1, 0.15) is 43.6 Å². The smallest absolute Gasteiger partial charge is 0.0406 e. The molecule has 1 aromatic rings. The second kappa shape index (κ2) is 6.07. The molecule has 0 radical (unpaired) electrons. The predicted molar refractivity (Wildman–Crippen MR) is 74.6 cm³/mol. The third-order valence-corrected chi connectivity index (χ3v) is 4.63. The first kappa shape index (κ1) is 12.4.